The van der Waals surface area contributed by atoms with Crippen molar-refractivity contribution in [2.45, 2.75) is 61.8 Å². The molecule has 0 aromatic rings. The van der Waals surface area contributed by atoms with E-state index in [0.717, 1.165) is 23.7 Å². The van der Waals surface area contributed by atoms with E-state index >= 15 is 0 Å². The SMILES string of the molecule is CC(C)C(C)C.CCC(C)C(C)C.CS. The number of rotatable bonds is 3. The maximum Gasteiger partial charge on any atom is -0.0215 e. The Hall–Kier alpha value is 0.350. The van der Waals surface area contributed by atoms with Gasteiger partial charge in [-0.1, -0.05) is 61.8 Å². The molecule has 0 N–H and O–H groups in total. The molecule has 1 unspecified atom stereocenters. The highest BCUT2D eigenvalue weighted by atomic mass is 32.1. The van der Waals surface area contributed by atoms with E-state index < -0.39 is 0 Å². The van der Waals surface area contributed by atoms with Crippen LogP contribution in [0.5, 0.6) is 0 Å². The van der Waals surface area contributed by atoms with Crippen LogP contribution in [-0.2, 0) is 0 Å². The van der Waals surface area contributed by atoms with Gasteiger partial charge in [0.1, 0.15) is 0 Å². The van der Waals surface area contributed by atoms with Gasteiger partial charge < -0.3 is 0 Å². The average Bonchev–Trinajstić information content (AvgIpc) is 2.20. The summed E-state index contributed by atoms with van der Waals surface area (Å²) in [5.41, 5.74) is 0. The maximum atomic E-state index is 3.53. The van der Waals surface area contributed by atoms with Gasteiger partial charge in [-0.05, 0) is 29.9 Å². The highest BCUT2D eigenvalue weighted by molar-refractivity contribution is 7.79. The van der Waals surface area contributed by atoms with Gasteiger partial charge in [0.2, 0.25) is 0 Å². The van der Waals surface area contributed by atoms with Gasteiger partial charge in [-0.15, -0.1) is 0 Å². The van der Waals surface area contributed by atoms with E-state index in [1.807, 2.05) is 0 Å². The molecule has 1 heteroatoms. The first-order valence-electron chi connectivity index (χ1n) is 6.27. The van der Waals surface area contributed by atoms with Crippen LogP contribution in [0, 0.1) is 23.7 Å². The van der Waals surface area contributed by atoms with E-state index in [1.54, 1.807) is 6.26 Å². The van der Waals surface area contributed by atoms with Crippen LogP contribution in [0.15, 0.2) is 0 Å². The van der Waals surface area contributed by atoms with E-state index in [0.29, 0.717) is 0 Å². The Balaban J connectivity index is -0.000000166. The van der Waals surface area contributed by atoms with Crippen molar-refractivity contribution >= 4 is 12.6 Å². The summed E-state index contributed by atoms with van der Waals surface area (Å²) >= 11 is 3.53. The van der Waals surface area contributed by atoms with Crippen molar-refractivity contribution in [3.63, 3.8) is 0 Å². The monoisotopic (exact) mass is 234 g/mol. The maximum absolute atomic E-state index is 3.53. The summed E-state index contributed by atoms with van der Waals surface area (Å²) in [6, 6.07) is 0. The molecule has 0 spiro atoms. The molecule has 0 bridgehead atoms. The summed E-state index contributed by atoms with van der Waals surface area (Å²) in [5, 5.41) is 0. The molecule has 0 aliphatic carbocycles. The van der Waals surface area contributed by atoms with Crippen molar-refractivity contribution in [3.8, 4) is 0 Å². The highest BCUT2D eigenvalue weighted by Crippen LogP contribution is 2.11. The van der Waals surface area contributed by atoms with Gasteiger partial charge >= 0.3 is 0 Å². The Kier molecular flexibility index (Phi) is 19.8. The lowest BCUT2D eigenvalue weighted by molar-refractivity contribution is 0.407. The fourth-order valence-electron chi connectivity index (χ4n) is 0.471. The summed E-state index contributed by atoms with van der Waals surface area (Å²) in [5.74, 6) is 3.47. The second-order valence-electron chi connectivity index (χ2n) is 5.12. The third-order valence-corrected chi connectivity index (χ3v) is 3.12. The lowest BCUT2D eigenvalue weighted by Gasteiger charge is -2.10. The van der Waals surface area contributed by atoms with Crippen molar-refractivity contribution < 1.29 is 0 Å². The van der Waals surface area contributed by atoms with Crippen LogP contribution in [0.4, 0.5) is 0 Å². The lowest BCUT2D eigenvalue weighted by atomic mass is 9.96. The van der Waals surface area contributed by atoms with Crippen LogP contribution < -0.4 is 0 Å². The fourth-order valence-corrected chi connectivity index (χ4v) is 0.471. The number of hydrogen-bond acceptors (Lipinski definition) is 1. The molecular formula is C14H34S. The lowest BCUT2D eigenvalue weighted by Crippen LogP contribution is -2.00. The zero-order chi connectivity index (χ0) is 13.0. The van der Waals surface area contributed by atoms with Gasteiger partial charge in [0.25, 0.3) is 0 Å². The summed E-state index contributed by atoms with van der Waals surface area (Å²) in [6.07, 6.45) is 3.01. The molecule has 0 nitrogen and oxygen atoms in total. The molecule has 0 aliphatic rings. The zero-order valence-electron chi connectivity index (χ0n) is 12.5. The minimum Gasteiger partial charge on any atom is -0.183 e. The molecule has 0 aliphatic heterocycles. The first-order chi connectivity index (χ1) is 6.82. The Labute approximate surface area is 105 Å². The average molecular weight is 234 g/mol. The standard InChI is InChI=1S/C7H16.C6H14.CH4S/c1-5-7(4)6(2)3;1-5(2)6(3)4;1-2/h6-7H,5H2,1-4H3;5-6H,1-4H3;2H,1H3. The van der Waals surface area contributed by atoms with Crippen molar-refractivity contribution in [2.75, 3.05) is 6.26 Å². The molecule has 0 aromatic carbocycles. The molecule has 0 saturated carbocycles. The van der Waals surface area contributed by atoms with Gasteiger partial charge in [-0.2, -0.15) is 12.6 Å². The molecule has 1 atom stereocenters. The predicted octanol–water partition coefficient (Wildman–Crippen LogP) is 5.53. The summed E-state index contributed by atoms with van der Waals surface area (Å²) < 4.78 is 0. The Bertz CT molecular complexity index is 89.5. The molecule has 0 fully saturated rings. The fraction of sp³-hybridized carbons (Fsp3) is 1.00. The van der Waals surface area contributed by atoms with Gasteiger partial charge in [0, 0.05) is 0 Å². The summed E-state index contributed by atoms with van der Waals surface area (Å²) in [6.45, 7) is 18.0. The Morgan fingerprint density at radius 3 is 0.933 bits per heavy atom. The normalized spacial score (nSPS) is 11.8. The minimum absolute atomic E-state index is 0.852. The molecular weight excluding hydrogens is 200 g/mol. The number of thiol groups is 1. The van der Waals surface area contributed by atoms with E-state index in [2.05, 4.69) is 68.0 Å². The predicted molar refractivity (Wildman–Crippen MR) is 78.9 cm³/mol. The van der Waals surface area contributed by atoms with E-state index in [4.69, 9.17) is 0 Å². The Morgan fingerprint density at radius 2 is 0.933 bits per heavy atom. The minimum atomic E-state index is 0.852. The van der Waals surface area contributed by atoms with Crippen molar-refractivity contribution in [1.82, 2.24) is 0 Å². The molecule has 15 heavy (non-hydrogen) atoms. The second-order valence-corrected chi connectivity index (χ2v) is 5.12. The smallest absolute Gasteiger partial charge is 0.0215 e. The molecule has 0 amide bonds. The Morgan fingerprint density at radius 1 is 0.667 bits per heavy atom. The first-order valence-corrected chi connectivity index (χ1v) is 7.17. The quantitative estimate of drug-likeness (QED) is 0.610. The molecule has 0 aromatic heterocycles. The summed E-state index contributed by atoms with van der Waals surface area (Å²) in [7, 11) is 0. The molecule has 0 saturated heterocycles. The van der Waals surface area contributed by atoms with Gasteiger partial charge in [0.15, 0.2) is 0 Å². The first kappa shape index (κ1) is 20.7. The van der Waals surface area contributed by atoms with E-state index in [-0.39, 0.29) is 0 Å². The molecule has 96 valence electrons. The van der Waals surface area contributed by atoms with Crippen LogP contribution in [0.1, 0.15) is 61.8 Å². The highest BCUT2D eigenvalue weighted by Gasteiger charge is 2.01. The third kappa shape index (κ3) is 20.4. The van der Waals surface area contributed by atoms with Crippen LogP contribution >= 0.6 is 12.6 Å². The van der Waals surface area contributed by atoms with Crippen LogP contribution in [0.25, 0.3) is 0 Å². The van der Waals surface area contributed by atoms with Gasteiger partial charge in [0.05, 0.1) is 0 Å². The molecule has 0 heterocycles. The second kappa shape index (κ2) is 14.3. The van der Waals surface area contributed by atoms with Crippen molar-refractivity contribution in [3.05, 3.63) is 0 Å². The van der Waals surface area contributed by atoms with Crippen LogP contribution in [0.3, 0.4) is 0 Å². The third-order valence-electron chi connectivity index (χ3n) is 3.12. The van der Waals surface area contributed by atoms with Gasteiger partial charge in [-0.25, -0.2) is 0 Å². The van der Waals surface area contributed by atoms with Crippen LogP contribution in [0.2, 0.25) is 0 Å². The van der Waals surface area contributed by atoms with Gasteiger partial charge in [-0.3, -0.25) is 0 Å². The van der Waals surface area contributed by atoms with Crippen LogP contribution in [-0.4, -0.2) is 6.26 Å². The number of hydrogen-bond donors (Lipinski definition) is 1. The van der Waals surface area contributed by atoms with E-state index in [1.165, 1.54) is 6.42 Å². The zero-order valence-corrected chi connectivity index (χ0v) is 13.4. The largest absolute Gasteiger partial charge is 0.183 e. The topological polar surface area (TPSA) is 0 Å². The molecule has 0 radical (unpaired) electrons. The van der Waals surface area contributed by atoms with Crippen molar-refractivity contribution in [1.29, 1.82) is 0 Å². The molecule has 0 rings (SSSR count). The van der Waals surface area contributed by atoms with E-state index in [9.17, 15) is 0 Å². The summed E-state index contributed by atoms with van der Waals surface area (Å²) in [4.78, 5) is 0. The van der Waals surface area contributed by atoms with Crippen molar-refractivity contribution in [2.24, 2.45) is 23.7 Å².